The predicted octanol–water partition coefficient (Wildman–Crippen LogP) is 2.68. The van der Waals surface area contributed by atoms with Crippen LogP contribution in [0.3, 0.4) is 0 Å². The van der Waals surface area contributed by atoms with Crippen LogP contribution in [-0.2, 0) is 17.7 Å². The summed E-state index contributed by atoms with van der Waals surface area (Å²) in [4.78, 5) is 11.6. The van der Waals surface area contributed by atoms with Gasteiger partial charge in [0, 0.05) is 17.6 Å². The first-order valence-electron chi connectivity index (χ1n) is 5.92. The smallest absolute Gasteiger partial charge is 0.337 e. The minimum atomic E-state index is -0.251. The molecular formula is C14H15NO2. The minimum absolute atomic E-state index is 0.251. The van der Waals surface area contributed by atoms with E-state index in [4.69, 9.17) is 4.74 Å². The second-order valence-electron chi connectivity index (χ2n) is 4.61. The van der Waals surface area contributed by atoms with Crippen molar-refractivity contribution < 1.29 is 9.53 Å². The van der Waals surface area contributed by atoms with Crippen LogP contribution >= 0.6 is 0 Å². The Balaban J connectivity index is 2.30. The van der Waals surface area contributed by atoms with Crippen molar-refractivity contribution in [3.8, 4) is 0 Å². The molecule has 88 valence electrons. The number of ether oxygens (including phenoxy) is 1. The highest BCUT2D eigenvalue weighted by atomic mass is 16.5. The number of rotatable bonds is 1. The number of benzene rings is 1. The van der Waals surface area contributed by atoms with Crippen molar-refractivity contribution in [3.63, 3.8) is 0 Å². The lowest BCUT2D eigenvalue weighted by Crippen LogP contribution is -2.10. The number of carbonyl (C=O) groups is 1. The molecule has 0 atom stereocenters. The summed E-state index contributed by atoms with van der Waals surface area (Å²) in [5.41, 5.74) is 4.49. The van der Waals surface area contributed by atoms with Gasteiger partial charge in [0.05, 0.1) is 18.2 Å². The van der Waals surface area contributed by atoms with E-state index in [-0.39, 0.29) is 5.97 Å². The number of carbonyl (C=O) groups excluding carboxylic acids is 1. The lowest BCUT2D eigenvalue weighted by Gasteiger charge is -2.17. The fraction of sp³-hybridized carbons (Fsp3) is 0.357. The van der Waals surface area contributed by atoms with Gasteiger partial charge in [-0.3, -0.25) is 0 Å². The molecular weight excluding hydrogens is 214 g/mol. The molecule has 0 N–H and O–H groups in total. The van der Waals surface area contributed by atoms with Gasteiger partial charge in [0.1, 0.15) is 0 Å². The molecule has 3 nitrogen and oxygen atoms in total. The zero-order chi connectivity index (χ0) is 12.0. The lowest BCUT2D eigenvalue weighted by atomic mass is 10.0. The molecule has 0 aliphatic carbocycles. The summed E-state index contributed by atoms with van der Waals surface area (Å²) in [5, 5.41) is 1.15. The highest BCUT2D eigenvalue weighted by Gasteiger charge is 2.17. The number of methoxy groups -OCH3 is 1. The summed E-state index contributed by atoms with van der Waals surface area (Å²) in [6.45, 7) is 3.20. The van der Waals surface area contributed by atoms with E-state index < -0.39 is 0 Å². The minimum Gasteiger partial charge on any atom is -0.465 e. The molecule has 0 radical (unpaired) electrons. The maximum Gasteiger partial charge on any atom is 0.337 e. The quantitative estimate of drug-likeness (QED) is 0.704. The normalized spacial score (nSPS) is 14.0. The Hall–Kier alpha value is -1.77. The Kier molecular flexibility index (Phi) is 2.21. The second-order valence-corrected chi connectivity index (χ2v) is 4.61. The van der Waals surface area contributed by atoms with Gasteiger partial charge in [0.15, 0.2) is 0 Å². The second kappa shape index (κ2) is 3.62. The van der Waals surface area contributed by atoms with Crippen LogP contribution in [-0.4, -0.2) is 17.6 Å². The molecule has 0 spiro atoms. The van der Waals surface area contributed by atoms with Gasteiger partial charge in [0.2, 0.25) is 0 Å². The SMILES string of the molecule is COC(=O)c1cc2c3c(c1)cc(C)n3CCC2. The molecule has 0 saturated heterocycles. The molecule has 3 heteroatoms. The number of esters is 1. The Morgan fingerprint density at radius 3 is 2.94 bits per heavy atom. The van der Waals surface area contributed by atoms with E-state index in [0.29, 0.717) is 5.56 Å². The van der Waals surface area contributed by atoms with Gasteiger partial charge in [-0.25, -0.2) is 4.79 Å². The Morgan fingerprint density at radius 1 is 1.35 bits per heavy atom. The summed E-state index contributed by atoms with van der Waals surface area (Å²) < 4.78 is 7.14. The van der Waals surface area contributed by atoms with Gasteiger partial charge < -0.3 is 9.30 Å². The van der Waals surface area contributed by atoms with Crippen LogP contribution < -0.4 is 0 Å². The summed E-state index contributed by atoms with van der Waals surface area (Å²) in [6, 6.07) is 6.05. The Labute approximate surface area is 100.0 Å². The number of hydrogen-bond acceptors (Lipinski definition) is 2. The topological polar surface area (TPSA) is 31.2 Å². The van der Waals surface area contributed by atoms with Crippen molar-refractivity contribution in [1.82, 2.24) is 4.57 Å². The standard InChI is InChI=1S/C14H15NO2/c1-9-6-11-8-12(14(16)17-2)7-10-4-3-5-15(9)13(10)11/h6-8H,3-5H2,1-2H3. The molecule has 17 heavy (non-hydrogen) atoms. The fourth-order valence-corrected chi connectivity index (χ4v) is 2.78. The van der Waals surface area contributed by atoms with E-state index in [2.05, 4.69) is 17.6 Å². The van der Waals surface area contributed by atoms with Crippen molar-refractivity contribution in [1.29, 1.82) is 0 Å². The molecule has 1 aliphatic rings. The first-order chi connectivity index (χ1) is 8.20. The van der Waals surface area contributed by atoms with Crippen LogP contribution in [0.5, 0.6) is 0 Å². The molecule has 0 fully saturated rings. The largest absolute Gasteiger partial charge is 0.465 e. The van der Waals surface area contributed by atoms with Gasteiger partial charge >= 0.3 is 5.97 Å². The maximum atomic E-state index is 11.6. The molecule has 1 aromatic heterocycles. The van der Waals surface area contributed by atoms with Crippen molar-refractivity contribution in [2.75, 3.05) is 7.11 Å². The van der Waals surface area contributed by atoms with E-state index in [0.717, 1.165) is 24.8 Å². The summed E-state index contributed by atoms with van der Waals surface area (Å²) in [5.74, 6) is -0.251. The monoisotopic (exact) mass is 229 g/mol. The van der Waals surface area contributed by atoms with Crippen LogP contribution in [0.25, 0.3) is 10.9 Å². The van der Waals surface area contributed by atoms with Gasteiger partial charge in [-0.1, -0.05) is 0 Å². The summed E-state index contributed by atoms with van der Waals surface area (Å²) >= 11 is 0. The van der Waals surface area contributed by atoms with Gasteiger partial charge in [-0.15, -0.1) is 0 Å². The van der Waals surface area contributed by atoms with E-state index in [1.807, 2.05) is 12.1 Å². The summed E-state index contributed by atoms with van der Waals surface area (Å²) in [7, 11) is 1.43. The Bertz CT molecular complexity index is 610. The first kappa shape index (κ1) is 10.4. The zero-order valence-electron chi connectivity index (χ0n) is 10.1. The maximum absolute atomic E-state index is 11.6. The highest BCUT2D eigenvalue weighted by Crippen LogP contribution is 2.30. The number of nitrogens with zero attached hydrogens (tertiary/aromatic N) is 1. The molecule has 1 aliphatic heterocycles. The molecule has 0 amide bonds. The fourth-order valence-electron chi connectivity index (χ4n) is 2.78. The van der Waals surface area contributed by atoms with Crippen LogP contribution in [0.4, 0.5) is 0 Å². The average Bonchev–Trinajstić information content (AvgIpc) is 2.67. The molecule has 2 aromatic rings. The van der Waals surface area contributed by atoms with Crippen molar-refractivity contribution in [2.24, 2.45) is 0 Å². The molecule has 0 saturated carbocycles. The Morgan fingerprint density at radius 2 is 2.18 bits per heavy atom. The highest BCUT2D eigenvalue weighted by molar-refractivity contribution is 5.96. The lowest BCUT2D eigenvalue weighted by molar-refractivity contribution is 0.0601. The molecule has 2 heterocycles. The number of aryl methyl sites for hydroxylation is 3. The summed E-state index contributed by atoms with van der Waals surface area (Å²) in [6.07, 6.45) is 2.19. The number of aromatic nitrogens is 1. The first-order valence-corrected chi connectivity index (χ1v) is 5.92. The van der Waals surface area contributed by atoms with Crippen LogP contribution in [0.15, 0.2) is 18.2 Å². The third-order valence-corrected chi connectivity index (χ3v) is 3.53. The van der Waals surface area contributed by atoms with Crippen LogP contribution in [0.1, 0.15) is 28.0 Å². The predicted molar refractivity (Wildman–Crippen MR) is 66.3 cm³/mol. The van der Waals surface area contributed by atoms with Gasteiger partial charge in [-0.05, 0) is 43.5 Å². The van der Waals surface area contributed by atoms with Crippen LogP contribution in [0.2, 0.25) is 0 Å². The van der Waals surface area contributed by atoms with Gasteiger partial charge in [0.25, 0.3) is 0 Å². The van der Waals surface area contributed by atoms with Crippen molar-refractivity contribution in [3.05, 3.63) is 35.0 Å². The average molecular weight is 229 g/mol. The van der Waals surface area contributed by atoms with Crippen molar-refractivity contribution in [2.45, 2.75) is 26.3 Å². The zero-order valence-corrected chi connectivity index (χ0v) is 10.1. The third kappa shape index (κ3) is 1.46. The van der Waals surface area contributed by atoms with E-state index >= 15 is 0 Å². The molecule has 0 bridgehead atoms. The van der Waals surface area contributed by atoms with E-state index in [1.54, 1.807) is 0 Å². The molecule has 3 rings (SSSR count). The molecule has 0 unspecified atom stereocenters. The van der Waals surface area contributed by atoms with Crippen molar-refractivity contribution >= 4 is 16.9 Å². The third-order valence-electron chi connectivity index (χ3n) is 3.53. The van der Waals surface area contributed by atoms with Gasteiger partial charge in [-0.2, -0.15) is 0 Å². The van der Waals surface area contributed by atoms with E-state index in [1.165, 1.54) is 23.9 Å². The van der Waals surface area contributed by atoms with E-state index in [9.17, 15) is 4.79 Å². The molecule has 1 aromatic carbocycles. The van der Waals surface area contributed by atoms with Crippen LogP contribution in [0, 0.1) is 6.92 Å². The number of hydrogen-bond donors (Lipinski definition) is 0.